The van der Waals surface area contributed by atoms with Gasteiger partial charge in [0.25, 0.3) is 10.0 Å². The minimum atomic E-state index is -3.89. The zero-order chi connectivity index (χ0) is 25.7. The lowest BCUT2D eigenvalue weighted by molar-refractivity contribution is -0.125. The van der Waals surface area contributed by atoms with Gasteiger partial charge in [-0.15, -0.1) is 0 Å². The molecule has 4 unspecified atom stereocenters. The lowest BCUT2D eigenvalue weighted by atomic mass is 9.98. The molecule has 1 aromatic heterocycles. The number of carbonyl (C=O) groups excluding carboxylic acids is 2. The van der Waals surface area contributed by atoms with Gasteiger partial charge in [0, 0.05) is 19.3 Å². The first-order valence-electron chi connectivity index (χ1n) is 11.6. The van der Waals surface area contributed by atoms with Gasteiger partial charge in [0.2, 0.25) is 5.91 Å². The first-order chi connectivity index (χ1) is 15.7. The summed E-state index contributed by atoms with van der Waals surface area (Å²) in [6.07, 6.45) is 0.329. The Hall–Kier alpha value is -2.24. The Labute approximate surface area is 202 Å². The third-order valence-corrected chi connectivity index (χ3v) is 7.06. The molecule has 1 saturated heterocycles. The van der Waals surface area contributed by atoms with Crippen LogP contribution >= 0.6 is 0 Å². The van der Waals surface area contributed by atoms with Gasteiger partial charge in [-0.1, -0.05) is 26.8 Å². The van der Waals surface area contributed by atoms with Gasteiger partial charge >= 0.3 is 6.09 Å². The van der Waals surface area contributed by atoms with Crippen molar-refractivity contribution in [1.29, 1.82) is 0 Å². The third-order valence-electron chi connectivity index (χ3n) is 5.31. The number of rotatable bonds is 7. The van der Waals surface area contributed by atoms with Gasteiger partial charge in [0.1, 0.15) is 11.6 Å². The van der Waals surface area contributed by atoms with Crippen molar-refractivity contribution in [2.24, 2.45) is 11.8 Å². The number of nitrogens with one attached hydrogen (secondary N) is 2. The maximum absolute atomic E-state index is 13.1. The third kappa shape index (κ3) is 8.21. The maximum atomic E-state index is 13.1. The van der Waals surface area contributed by atoms with Crippen molar-refractivity contribution < 1.29 is 27.9 Å². The van der Waals surface area contributed by atoms with Crippen LogP contribution in [-0.4, -0.2) is 71.7 Å². The molecule has 34 heavy (non-hydrogen) atoms. The molecule has 0 bridgehead atoms. The van der Waals surface area contributed by atoms with Crippen LogP contribution in [0.3, 0.4) is 0 Å². The second-order valence-corrected chi connectivity index (χ2v) is 12.2. The van der Waals surface area contributed by atoms with E-state index in [4.69, 9.17) is 4.74 Å². The van der Waals surface area contributed by atoms with E-state index >= 15 is 0 Å². The number of aliphatic hydroxyl groups is 1. The van der Waals surface area contributed by atoms with Crippen molar-refractivity contribution in [1.82, 2.24) is 19.9 Å². The highest BCUT2D eigenvalue weighted by atomic mass is 32.2. The molecule has 4 atom stereocenters. The number of β-amino-alcohol motifs (C(OH)–C–C–N with tert-alkyl or cyclic N) is 1. The molecular weight excluding hydrogens is 460 g/mol. The summed E-state index contributed by atoms with van der Waals surface area (Å²) < 4.78 is 32.5. The number of hydrogen-bond donors (Lipinski definition) is 3. The first kappa shape index (κ1) is 28.0. The monoisotopic (exact) mass is 498 g/mol. The Morgan fingerprint density at radius 1 is 1.26 bits per heavy atom. The second kappa shape index (κ2) is 11.5. The molecule has 2 amide bonds. The predicted molar refractivity (Wildman–Crippen MR) is 127 cm³/mol. The molecule has 2 heterocycles. The van der Waals surface area contributed by atoms with Crippen LogP contribution in [-0.2, 0) is 19.6 Å². The van der Waals surface area contributed by atoms with Crippen LogP contribution in [0.25, 0.3) is 0 Å². The van der Waals surface area contributed by atoms with Crippen LogP contribution in [0, 0.1) is 11.8 Å². The smallest absolute Gasteiger partial charge is 0.408 e. The van der Waals surface area contributed by atoms with E-state index in [1.807, 2.05) is 20.8 Å². The molecule has 3 N–H and O–H groups in total. The molecule has 10 nitrogen and oxygen atoms in total. The Morgan fingerprint density at radius 3 is 2.50 bits per heavy atom. The van der Waals surface area contributed by atoms with Crippen LogP contribution in [0.5, 0.6) is 0 Å². The van der Waals surface area contributed by atoms with Crippen LogP contribution in [0.15, 0.2) is 29.4 Å². The molecule has 11 heteroatoms. The number of aliphatic hydroxyl groups excluding tert-OH is 1. The number of ether oxygens (including phenoxy) is 1. The minimum absolute atomic E-state index is 0.0876. The number of pyridine rings is 1. The number of sulfonamides is 1. The molecule has 192 valence electrons. The number of carbonyl (C=O) groups is 2. The number of aromatic nitrogens is 1. The van der Waals surface area contributed by atoms with Crippen LogP contribution in [0.4, 0.5) is 4.79 Å². The van der Waals surface area contributed by atoms with E-state index in [2.05, 4.69) is 15.6 Å². The highest BCUT2D eigenvalue weighted by Crippen LogP contribution is 2.23. The van der Waals surface area contributed by atoms with Gasteiger partial charge in [0.15, 0.2) is 5.03 Å². The summed E-state index contributed by atoms with van der Waals surface area (Å²) >= 11 is 0. The van der Waals surface area contributed by atoms with E-state index in [0.29, 0.717) is 12.8 Å². The fourth-order valence-corrected chi connectivity index (χ4v) is 5.35. The van der Waals surface area contributed by atoms with Gasteiger partial charge in [-0.05, 0) is 57.6 Å². The Kier molecular flexibility index (Phi) is 9.44. The molecule has 0 aromatic carbocycles. The molecule has 1 aromatic rings. The quantitative estimate of drug-likeness (QED) is 0.522. The van der Waals surface area contributed by atoms with E-state index in [9.17, 15) is 23.1 Å². The molecule has 0 spiro atoms. The van der Waals surface area contributed by atoms with Crippen molar-refractivity contribution in [2.45, 2.75) is 83.2 Å². The topological polar surface area (TPSA) is 138 Å². The number of amides is 2. The Bertz CT molecular complexity index is 933. The molecule has 1 aliphatic heterocycles. The molecule has 0 saturated carbocycles. The number of nitrogens with zero attached hydrogens (tertiary/aromatic N) is 2. The second-order valence-electron chi connectivity index (χ2n) is 10.3. The van der Waals surface area contributed by atoms with Crippen LogP contribution < -0.4 is 10.6 Å². The van der Waals surface area contributed by atoms with Gasteiger partial charge in [-0.2, -0.15) is 4.31 Å². The number of hydrogen-bond acceptors (Lipinski definition) is 7. The van der Waals surface area contributed by atoms with Crippen LogP contribution in [0.1, 0.15) is 54.4 Å². The molecule has 1 fully saturated rings. The Balaban J connectivity index is 2.13. The predicted octanol–water partition coefficient (Wildman–Crippen LogP) is 1.90. The average molecular weight is 499 g/mol. The van der Waals surface area contributed by atoms with E-state index in [1.165, 1.54) is 16.6 Å². The number of alkyl carbamates (subject to hydrolysis) is 1. The van der Waals surface area contributed by atoms with Gasteiger partial charge in [0.05, 0.1) is 12.1 Å². The maximum Gasteiger partial charge on any atom is 0.408 e. The van der Waals surface area contributed by atoms with Crippen molar-refractivity contribution in [3.8, 4) is 0 Å². The van der Waals surface area contributed by atoms with Crippen molar-refractivity contribution in [2.75, 3.05) is 13.1 Å². The molecule has 0 aliphatic carbocycles. The minimum Gasteiger partial charge on any atom is -0.444 e. The molecular formula is C23H38N4O6S. The summed E-state index contributed by atoms with van der Waals surface area (Å²) in [6, 6.07) is 3.10. The normalized spacial score (nSPS) is 23.1. The molecule has 2 rings (SSSR count). The van der Waals surface area contributed by atoms with E-state index < -0.39 is 45.8 Å². The van der Waals surface area contributed by atoms with Gasteiger partial charge in [-0.3, -0.25) is 4.79 Å². The molecule has 0 radical (unpaired) electrons. The summed E-state index contributed by atoms with van der Waals surface area (Å²) in [5.41, 5.74) is -0.710. The lowest BCUT2D eigenvalue weighted by Gasteiger charge is -2.28. The lowest BCUT2D eigenvalue weighted by Crippen LogP contribution is -2.54. The molecule has 1 aliphatic rings. The zero-order valence-electron chi connectivity index (χ0n) is 20.8. The average Bonchev–Trinajstić information content (AvgIpc) is 2.84. The first-order valence-corrected chi connectivity index (χ1v) is 13.0. The fraction of sp³-hybridized carbons (Fsp3) is 0.696. The van der Waals surface area contributed by atoms with E-state index in [1.54, 1.807) is 32.9 Å². The summed E-state index contributed by atoms with van der Waals surface area (Å²) in [5.74, 6) is -0.470. The fourth-order valence-electron chi connectivity index (χ4n) is 3.84. The summed E-state index contributed by atoms with van der Waals surface area (Å²) in [6.45, 7) is 10.9. The summed E-state index contributed by atoms with van der Waals surface area (Å²) in [5, 5.41) is 16.2. The Morgan fingerprint density at radius 2 is 1.94 bits per heavy atom. The van der Waals surface area contributed by atoms with E-state index in [-0.39, 0.29) is 30.0 Å². The SMILES string of the molecule is CC(C)CC(NC(=O)OC(C)(C)C)C(=O)NC1CC(C)CN(S(=O)(=O)c2ccccn2)CC1O. The largest absolute Gasteiger partial charge is 0.444 e. The van der Waals surface area contributed by atoms with Crippen molar-refractivity contribution >= 4 is 22.0 Å². The van der Waals surface area contributed by atoms with Crippen LogP contribution in [0.2, 0.25) is 0 Å². The van der Waals surface area contributed by atoms with Gasteiger partial charge in [-0.25, -0.2) is 18.2 Å². The highest BCUT2D eigenvalue weighted by Gasteiger charge is 2.37. The van der Waals surface area contributed by atoms with Crippen molar-refractivity contribution in [3.05, 3.63) is 24.4 Å². The zero-order valence-corrected chi connectivity index (χ0v) is 21.6. The standard InChI is InChI=1S/C23H38N4O6S/c1-15(2)11-18(26-22(30)33-23(4,5)6)21(29)25-17-12-16(3)13-27(14-19(17)28)34(31,32)20-9-7-8-10-24-20/h7-10,15-19,28H,11-14H2,1-6H3,(H,25,29)(H,26,30). The summed E-state index contributed by atoms with van der Waals surface area (Å²) in [7, 11) is -3.89. The highest BCUT2D eigenvalue weighted by molar-refractivity contribution is 7.89. The van der Waals surface area contributed by atoms with Gasteiger partial charge < -0.3 is 20.5 Å². The van der Waals surface area contributed by atoms with E-state index in [0.717, 1.165) is 0 Å². The summed E-state index contributed by atoms with van der Waals surface area (Å²) in [4.78, 5) is 29.3. The van der Waals surface area contributed by atoms with Crippen molar-refractivity contribution in [3.63, 3.8) is 0 Å².